The quantitative estimate of drug-likeness (QED) is 0.329. The second-order valence-corrected chi connectivity index (χ2v) is 11.7. The van der Waals surface area contributed by atoms with Gasteiger partial charge in [-0.25, -0.2) is 4.98 Å². The molecule has 2 aromatic carbocycles. The number of anilines is 1. The smallest absolute Gasteiger partial charge is 0.322 e. The fourth-order valence-corrected chi connectivity index (χ4v) is 5.00. The molecule has 1 amide bonds. The van der Waals surface area contributed by atoms with Crippen LogP contribution in [0.2, 0.25) is 0 Å². The minimum absolute atomic E-state index is 0.103. The molecule has 2 aromatic heterocycles. The van der Waals surface area contributed by atoms with Crippen LogP contribution in [0.15, 0.2) is 61.2 Å². The molecule has 1 N–H and O–H groups in total. The van der Waals surface area contributed by atoms with Gasteiger partial charge in [-0.2, -0.15) is 13.2 Å². The Bertz CT molecular complexity index is 1670. The van der Waals surface area contributed by atoms with Crippen LogP contribution in [0.3, 0.4) is 0 Å². The van der Waals surface area contributed by atoms with E-state index >= 15 is 0 Å². The second kappa shape index (κ2) is 11.6. The largest absolute Gasteiger partial charge is 0.416 e. The SMILES string of the molecule is CN1CCN(Cc2cc(NC(=O)c3ccc(C(C)(C)C)c(C#Cc4cnc5cnccn45)c3)cc(C(F)(F)F)c2)CC1. The number of hydrogen-bond acceptors (Lipinski definition) is 5. The number of benzene rings is 2. The van der Waals surface area contributed by atoms with E-state index in [9.17, 15) is 18.0 Å². The monoisotopic (exact) mass is 574 g/mol. The van der Waals surface area contributed by atoms with Crippen LogP contribution in [0.1, 0.15) is 59.1 Å². The number of carbonyl (C=O) groups excluding carboxylic acids is 1. The second-order valence-electron chi connectivity index (χ2n) is 11.7. The highest BCUT2D eigenvalue weighted by Crippen LogP contribution is 2.33. The lowest BCUT2D eigenvalue weighted by Crippen LogP contribution is -2.43. The van der Waals surface area contributed by atoms with Crippen LogP contribution in [0.4, 0.5) is 18.9 Å². The van der Waals surface area contributed by atoms with Crippen molar-refractivity contribution in [2.75, 3.05) is 38.5 Å². The van der Waals surface area contributed by atoms with Gasteiger partial charge in [0.1, 0.15) is 5.69 Å². The fourth-order valence-electron chi connectivity index (χ4n) is 5.00. The Kier molecular flexibility index (Phi) is 8.08. The van der Waals surface area contributed by atoms with Crippen molar-refractivity contribution in [2.45, 2.75) is 38.9 Å². The lowest BCUT2D eigenvalue weighted by Gasteiger charge is -2.32. The summed E-state index contributed by atoms with van der Waals surface area (Å²) in [5.41, 5.74) is 2.78. The van der Waals surface area contributed by atoms with Crippen molar-refractivity contribution < 1.29 is 18.0 Å². The molecule has 42 heavy (non-hydrogen) atoms. The van der Waals surface area contributed by atoms with Gasteiger partial charge in [0, 0.05) is 61.9 Å². The molecule has 0 aliphatic carbocycles. The summed E-state index contributed by atoms with van der Waals surface area (Å²) < 4.78 is 43.2. The van der Waals surface area contributed by atoms with Crippen molar-refractivity contribution in [3.05, 3.63) is 94.7 Å². The maximum atomic E-state index is 13.8. The third kappa shape index (κ3) is 6.81. The number of piperazine rings is 1. The summed E-state index contributed by atoms with van der Waals surface area (Å²) in [6.07, 6.45) is 2.18. The average molecular weight is 575 g/mol. The van der Waals surface area contributed by atoms with Crippen LogP contribution in [0.5, 0.6) is 0 Å². The topological polar surface area (TPSA) is 65.8 Å². The van der Waals surface area contributed by atoms with Crippen LogP contribution < -0.4 is 5.32 Å². The fraction of sp³-hybridized carbons (Fsp3) is 0.344. The maximum absolute atomic E-state index is 13.8. The number of aromatic nitrogens is 3. The normalized spacial score (nSPS) is 14.9. The number of amides is 1. The lowest BCUT2D eigenvalue weighted by molar-refractivity contribution is -0.137. The van der Waals surface area contributed by atoms with Gasteiger partial charge in [-0.1, -0.05) is 32.8 Å². The highest BCUT2D eigenvalue weighted by atomic mass is 19.4. The molecule has 0 spiro atoms. The van der Waals surface area contributed by atoms with E-state index in [0.717, 1.165) is 43.9 Å². The number of hydrogen-bond donors (Lipinski definition) is 1. The van der Waals surface area contributed by atoms with E-state index in [2.05, 4.69) is 57.7 Å². The molecule has 0 unspecified atom stereocenters. The van der Waals surface area contributed by atoms with Crippen LogP contribution in [-0.2, 0) is 18.1 Å². The first-order valence-electron chi connectivity index (χ1n) is 13.7. The third-order valence-corrected chi connectivity index (χ3v) is 7.31. The molecule has 3 heterocycles. The number of halogens is 3. The molecular weight excluding hydrogens is 541 g/mol. The molecule has 1 fully saturated rings. The third-order valence-electron chi connectivity index (χ3n) is 7.31. The molecule has 10 heteroatoms. The predicted molar refractivity (Wildman–Crippen MR) is 156 cm³/mol. The van der Waals surface area contributed by atoms with Gasteiger partial charge in [0.15, 0.2) is 5.65 Å². The van der Waals surface area contributed by atoms with E-state index in [1.807, 2.05) is 17.5 Å². The average Bonchev–Trinajstić information content (AvgIpc) is 3.35. The zero-order valence-corrected chi connectivity index (χ0v) is 24.1. The Morgan fingerprint density at radius 3 is 2.48 bits per heavy atom. The number of nitrogens with zero attached hydrogens (tertiary/aromatic N) is 5. The van der Waals surface area contributed by atoms with Crippen LogP contribution in [-0.4, -0.2) is 63.3 Å². The molecule has 0 atom stereocenters. The first-order chi connectivity index (χ1) is 19.9. The van der Waals surface area contributed by atoms with E-state index < -0.39 is 17.6 Å². The Morgan fingerprint density at radius 1 is 1.00 bits per heavy atom. The van der Waals surface area contributed by atoms with Gasteiger partial charge < -0.3 is 10.2 Å². The van der Waals surface area contributed by atoms with Crippen molar-refractivity contribution in [3.63, 3.8) is 0 Å². The highest BCUT2D eigenvalue weighted by Gasteiger charge is 2.32. The van der Waals surface area contributed by atoms with Gasteiger partial charge in [0.05, 0.1) is 18.0 Å². The van der Waals surface area contributed by atoms with Crippen molar-refractivity contribution in [3.8, 4) is 11.8 Å². The standard InChI is InChI=1S/C32H33F3N6O/c1-31(2,3)28-8-6-24(17-23(28)5-7-27-19-37-29-20-36-9-10-41(27)29)30(42)38-26-16-22(15-25(18-26)32(33,34)35)21-40-13-11-39(4)12-14-40/h6,8-10,15-20H,11-14,21H2,1-4H3,(H,38,42). The minimum Gasteiger partial charge on any atom is -0.322 e. The zero-order valence-electron chi connectivity index (χ0n) is 24.1. The number of rotatable bonds is 4. The molecule has 1 saturated heterocycles. The first-order valence-corrected chi connectivity index (χ1v) is 13.7. The van der Waals surface area contributed by atoms with Gasteiger partial charge in [-0.15, -0.1) is 0 Å². The molecule has 0 radical (unpaired) electrons. The van der Waals surface area contributed by atoms with Crippen molar-refractivity contribution in [1.29, 1.82) is 0 Å². The summed E-state index contributed by atoms with van der Waals surface area (Å²) in [4.78, 5) is 26.1. The highest BCUT2D eigenvalue weighted by molar-refractivity contribution is 6.04. The molecular formula is C32H33F3N6O. The summed E-state index contributed by atoms with van der Waals surface area (Å²) in [5, 5.41) is 2.70. The summed E-state index contributed by atoms with van der Waals surface area (Å²) >= 11 is 0. The van der Waals surface area contributed by atoms with Gasteiger partial charge in [0.25, 0.3) is 5.91 Å². The number of fused-ring (bicyclic) bond motifs is 1. The van der Waals surface area contributed by atoms with Gasteiger partial charge in [-0.05, 0) is 59.8 Å². The summed E-state index contributed by atoms with van der Waals surface area (Å²) in [6, 6.07) is 8.98. The van der Waals surface area contributed by atoms with E-state index in [1.54, 1.807) is 43.0 Å². The molecule has 0 bridgehead atoms. The number of imidazole rings is 1. The van der Waals surface area contributed by atoms with E-state index in [-0.39, 0.29) is 11.1 Å². The van der Waals surface area contributed by atoms with Crippen LogP contribution >= 0.6 is 0 Å². The minimum atomic E-state index is -4.54. The lowest BCUT2D eigenvalue weighted by atomic mass is 9.83. The molecule has 4 aromatic rings. The van der Waals surface area contributed by atoms with Crippen molar-refractivity contribution in [1.82, 2.24) is 24.2 Å². The van der Waals surface area contributed by atoms with Crippen molar-refractivity contribution >= 4 is 17.2 Å². The Balaban J connectivity index is 1.44. The number of likely N-dealkylation sites (N-methyl/N-ethyl adjacent to an activating group) is 1. The summed E-state index contributed by atoms with van der Waals surface area (Å²) in [7, 11) is 2.03. The van der Waals surface area contributed by atoms with Gasteiger partial charge >= 0.3 is 6.18 Å². The Labute approximate surface area is 243 Å². The van der Waals surface area contributed by atoms with Gasteiger partial charge in [-0.3, -0.25) is 19.1 Å². The van der Waals surface area contributed by atoms with E-state index in [0.29, 0.717) is 34.6 Å². The maximum Gasteiger partial charge on any atom is 0.416 e. The number of carbonyl (C=O) groups is 1. The van der Waals surface area contributed by atoms with E-state index in [4.69, 9.17) is 0 Å². The molecule has 1 aliphatic heterocycles. The first kappa shape index (κ1) is 29.3. The Hall–Kier alpha value is -4.20. The molecule has 7 nitrogen and oxygen atoms in total. The summed E-state index contributed by atoms with van der Waals surface area (Å²) in [6.45, 7) is 9.78. The van der Waals surface area contributed by atoms with Gasteiger partial charge in [0.2, 0.25) is 0 Å². The van der Waals surface area contributed by atoms with E-state index in [1.165, 1.54) is 0 Å². The zero-order chi connectivity index (χ0) is 30.1. The van der Waals surface area contributed by atoms with Crippen LogP contribution in [0, 0.1) is 11.8 Å². The number of nitrogens with one attached hydrogen (secondary N) is 1. The summed E-state index contributed by atoms with van der Waals surface area (Å²) in [5.74, 6) is 5.82. The van der Waals surface area contributed by atoms with Crippen molar-refractivity contribution in [2.24, 2.45) is 0 Å². The number of alkyl halides is 3. The molecule has 5 rings (SSSR count). The predicted octanol–water partition coefficient (Wildman–Crippen LogP) is 5.45. The molecule has 0 saturated carbocycles. The van der Waals surface area contributed by atoms with Crippen LogP contribution in [0.25, 0.3) is 5.65 Å². The Morgan fingerprint density at radius 2 is 1.76 bits per heavy atom. The molecule has 218 valence electrons. The molecule has 1 aliphatic rings.